The third kappa shape index (κ3) is 3.34. The Morgan fingerprint density at radius 1 is 1.10 bits per heavy atom. The molecule has 0 spiro atoms. The van der Waals surface area contributed by atoms with Crippen LogP contribution < -0.4 is 4.74 Å². The normalized spacial score (nSPS) is 12.2. The average Bonchev–Trinajstić information content (AvgIpc) is 2.49. The number of hydrogen-bond acceptors (Lipinski definition) is 1. The first-order valence-corrected chi connectivity index (χ1v) is 7.61. The lowest BCUT2D eigenvalue weighted by Gasteiger charge is -2.17. The van der Waals surface area contributed by atoms with Crippen LogP contribution >= 0.6 is 11.6 Å². The number of rotatable bonds is 5. The maximum absolute atomic E-state index is 6.15. The summed E-state index contributed by atoms with van der Waals surface area (Å²) in [6, 6.07) is 14.4. The van der Waals surface area contributed by atoms with Gasteiger partial charge in [-0.1, -0.05) is 44.2 Å². The molecule has 2 heteroatoms. The Hall–Kier alpha value is -1.47. The Morgan fingerprint density at radius 2 is 1.85 bits per heavy atom. The van der Waals surface area contributed by atoms with Crippen LogP contribution in [0.1, 0.15) is 42.9 Å². The first-order valence-electron chi connectivity index (χ1n) is 7.08. The van der Waals surface area contributed by atoms with Gasteiger partial charge in [0.25, 0.3) is 0 Å². The second-order valence-corrected chi connectivity index (χ2v) is 5.45. The Bertz CT molecular complexity index is 577. The molecule has 1 unspecified atom stereocenters. The van der Waals surface area contributed by atoms with Crippen LogP contribution in [0.5, 0.6) is 11.5 Å². The van der Waals surface area contributed by atoms with Gasteiger partial charge in [0, 0.05) is 5.88 Å². The second-order valence-electron chi connectivity index (χ2n) is 5.18. The number of benzene rings is 2. The van der Waals surface area contributed by atoms with Crippen molar-refractivity contribution in [2.75, 3.05) is 0 Å². The van der Waals surface area contributed by atoms with E-state index >= 15 is 0 Å². The van der Waals surface area contributed by atoms with Crippen molar-refractivity contribution in [3.05, 3.63) is 59.2 Å². The van der Waals surface area contributed by atoms with Gasteiger partial charge in [0.15, 0.2) is 0 Å². The summed E-state index contributed by atoms with van der Waals surface area (Å²) >= 11 is 5.90. The van der Waals surface area contributed by atoms with Gasteiger partial charge in [-0.05, 0) is 48.1 Å². The minimum Gasteiger partial charge on any atom is -0.457 e. The van der Waals surface area contributed by atoms with Gasteiger partial charge in [-0.15, -0.1) is 11.6 Å². The molecule has 0 fully saturated rings. The third-order valence-electron chi connectivity index (χ3n) is 3.69. The molecule has 0 amide bonds. The molecule has 2 aromatic carbocycles. The summed E-state index contributed by atoms with van der Waals surface area (Å²) in [7, 11) is 0. The molecule has 2 rings (SSSR count). The van der Waals surface area contributed by atoms with Crippen LogP contribution in [0.2, 0.25) is 0 Å². The van der Waals surface area contributed by atoms with Crippen molar-refractivity contribution in [1.82, 2.24) is 0 Å². The van der Waals surface area contributed by atoms with Crippen molar-refractivity contribution >= 4 is 11.6 Å². The van der Waals surface area contributed by atoms with E-state index in [1.165, 1.54) is 5.56 Å². The summed E-state index contributed by atoms with van der Waals surface area (Å²) < 4.78 is 6.15. The van der Waals surface area contributed by atoms with Gasteiger partial charge in [-0.2, -0.15) is 0 Å². The van der Waals surface area contributed by atoms with Gasteiger partial charge >= 0.3 is 0 Å². The molecular weight excluding hydrogens is 268 g/mol. The first-order chi connectivity index (χ1) is 9.65. The lowest BCUT2D eigenvalue weighted by atomic mass is 9.98. The van der Waals surface area contributed by atoms with E-state index in [0.717, 1.165) is 29.0 Å². The maximum Gasteiger partial charge on any atom is 0.130 e. The Labute approximate surface area is 126 Å². The SMILES string of the molecule is CCC(C)c1ccccc1Oc1cc(CCl)ccc1C. The second kappa shape index (κ2) is 6.81. The summed E-state index contributed by atoms with van der Waals surface area (Å²) in [5, 5.41) is 0. The minimum absolute atomic E-state index is 0.489. The molecule has 1 atom stereocenters. The highest BCUT2D eigenvalue weighted by Crippen LogP contribution is 2.33. The van der Waals surface area contributed by atoms with Crippen molar-refractivity contribution in [3.8, 4) is 11.5 Å². The molecular formula is C18H21ClO. The maximum atomic E-state index is 6.15. The molecule has 1 nitrogen and oxygen atoms in total. The monoisotopic (exact) mass is 288 g/mol. The van der Waals surface area contributed by atoms with Crippen LogP contribution in [-0.4, -0.2) is 0 Å². The Balaban J connectivity index is 2.35. The molecule has 0 aliphatic heterocycles. The predicted octanol–water partition coefficient (Wildman–Crippen LogP) is 6.04. The van der Waals surface area contributed by atoms with Crippen LogP contribution in [0, 0.1) is 6.92 Å². The zero-order chi connectivity index (χ0) is 14.5. The molecule has 0 aliphatic carbocycles. The summed E-state index contributed by atoms with van der Waals surface area (Å²) in [5.74, 6) is 2.82. The molecule has 0 saturated carbocycles. The van der Waals surface area contributed by atoms with E-state index in [0.29, 0.717) is 11.8 Å². The average molecular weight is 289 g/mol. The summed E-state index contributed by atoms with van der Waals surface area (Å²) in [5.41, 5.74) is 3.46. The highest BCUT2D eigenvalue weighted by molar-refractivity contribution is 6.17. The fourth-order valence-electron chi connectivity index (χ4n) is 2.16. The van der Waals surface area contributed by atoms with Crippen LogP contribution in [0.3, 0.4) is 0 Å². The quantitative estimate of drug-likeness (QED) is 0.609. The number of alkyl halides is 1. The predicted molar refractivity (Wildman–Crippen MR) is 86.0 cm³/mol. The van der Waals surface area contributed by atoms with Crippen molar-refractivity contribution in [2.45, 2.75) is 39.0 Å². The van der Waals surface area contributed by atoms with Gasteiger partial charge in [-0.25, -0.2) is 0 Å². The molecule has 0 bridgehead atoms. The van der Waals surface area contributed by atoms with Crippen molar-refractivity contribution < 1.29 is 4.74 Å². The van der Waals surface area contributed by atoms with Crippen LogP contribution in [0.25, 0.3) is 0 Å². The van der Waals surface area contributed by atoms with E-state index in [-0.39, 0.29) is 0 Å². The van der Waals surface area contributed by atoms with Crippen LogP contribution in [0.15, 0.2) is 42.5 Å². The molecule has 0 aromatic heterocycles. The van der Waals surface area contributed by atoms with E-state index in [1.807, 2.05) is 24.3 Å². The fraction of sp³-hybridized carbons (Fsp3) is 0.333. The summed E-state index contributed by atoms with van der Waals surface area (Å²) in [6.07, 6.45) is 1.10. The van der Waals surface area contributed by atoms with Crippen LogP contribution in [-0.2, 0) is 5.88 Å². The first kappa shape index (κ1) is 14.9. The zero-order valence-corrected chi connectivity index (χ0v) is 13.1. The van der Waals surface area contributed by atoms with Crippen molar-refractivity contribution in [2.24, 2.45) is 0 Å². The molecule has 0 saturated heterocycles. The Kier molecular flexibility index (Phi) is 5.08. The lowest BCUT2D eigenvalue weighted by Crippen LogP contribution is -1.97. The van der Waals surface area contributed by atoms with Gasteiger partial charge < -0.3 is 4.74 Å². The third-order valence-corrected chi connectivity index (χ3v) is 4.00. The van der Waals surface area contributed by atoms with E-state index in [4.69, 9.17) is 16.3 Å². The minimum atomic E-state index is 0.489. The molecule has 0 aliphatic rings. The van der Waals surface area contributed by atoms with E-state index in [2.05, 4.69) is 39.0 Å². The zero-order valence-electron chi connectivity index (χ0n) is 12.3. The lowest BCUT2D eigenvalue weighted by molar-refractivity contribution is 0.466. The standard InChI is InChI=1S/C18H21ClO/c1-4-13(2)16-7-5-6-8-17(16)20-18-11-15(12-19)10-9-14(18)3/h5-11,13H,4,12H2,1-3H3. The number of halogens is 1. The molecule has 0 heterocycles. The van der Waals surface area contributed by atoms with Crippen molar-refractivity contribution in [3.63, 3.8) is 0 Å². The molecule has 20 heavy (non-hydrogen) atoms. The molecule has 106 valence electrons. The highest BCUT2D eigenvalue weighted by atomic mass is 35.5. The smallest absolute Gasteiger partial charge is 0.130 e. The number of para-hydroxylation sites is 1. The number of ether oxygens (including phenoxy) is 1. The summed E-state index contributed by atoms with van der Waals surface area (Å²) in [4.78, 5) is 0. The molecule has 0 radical (unpaired) electrons. The van der Waals surface area contributed by atoms with Gasteiger partial charge in [0.2, 0.25) is 0 Å². The number of hydrogen-bond donors (Lipinski definition) is 0. The van der Waals surface area contributed by atoms with Gasteiger partial charge in [0.1, 0.15) is 11.5 Å². The topological polar surface area (TPSA) is 9.23 Å². The largest absolute Gasteiger partial charge is 0.457 e. The van der Waals surface area contributed by atoms with E-state index in [1.54, 1.807) is 0 Å². The number of aryl methyl sites for hydroxylation is 1. The van der Waals surface area contributed by atoms with Crippen molar-refractivity contribution in [1.29, 1.82) is 0 Å². The summed E-state index contributed by atoms with van der Waals surface area (Å²) in [6.45, 7) is 6.48. The fourth-order valence-corrected chi connectivity index (χ4v) is 2.32. The van der Waals surface area contributed by atoms with E-state index in [9.17, 15) is 0 Å². The van der Waals surface area contributed by atoms with Crippen LogP contribution in [0.4, 0.5) is 0 Å². The van der Waals surface area contributed by atoms with Gasteiger partial charge in [0.05, 0.1) is 0 Å². The molecule has 2 aromatic rings. The molecule has 0 N–H and O–H groups in total. The van der Waals surface area contributed by atoms with E-state index < -0.39 is 0 Å². The van der Waals surface area contributed by atoms with Gasteiger partial charge in [-0.3, -0.25) is 0 Å². The highest BCUT2D eigenvalue weighted by Gasteiger charge is 2.11. The Morgan fingerprint density at radius 3 is 2.55 bits per heavy atom.